The van der Waals surface area contributed by atoms with Crippen LogP contribution in [-0.2, 0) is 17.5 Å². The molecule has 0 aliphatic carbocycles. The Morgan fingerprint density at radius 1 is 1.10 bits per heavy atom. The van der Waals surface area contributed by atoms with Crippen molar-refractivity contribution in [3.8, 4) is 11.3 Å². The van der Waals surface area contributed by atoms with Gasteiger partial charge in [-0.3, -0.25) is 14.6 Å². The SMILES string of the molecule is Nc1ccc(/C=C/C(=O)NCc2cc3cc(-c4ccc(C(=O)N5CCC(F)(F)C5)cn4)cc(C(F)(F)F)c3o2)cn1. The van der Waals surface area contributed by atoms with Gasteiger partial charge >= 0.3 is 6.18 Å². The fourth-order valence-corrected chi connectivity index (χ4v) is 4.36. The summed E-state index contributed by atoms with van der Waals surface area (Å²) in [4.78, 5) is 33.8. The van der Waals surface area contributed by atoms with Gasteiger partial charge in [0.25, 0.3) is 11.8 Å². The molecule has 1 aromatic carbocycles. The highest BCUT2D eigenvalue weighted by Crippen LogP contribution is 2.39. The molecule has 1 saturated heterocycles. The molecule has 0 radical (unpaired) electrons. The third-order valence-corrected chi connectivity index (χ3v) is 6.41. The van der Waals surface area contributed by atoms with E-state index in [0.29, 0.717) is 11.4 Å². The molecule has 13 heteroatoms. The molecule has 3 N–H and O–H groups in total. The number of benzene rings is 1. The van der Waals surface area contributed by atoms with E-state index in [9.17, 15) is 31.5 Å². The second-order valence-electron chi connectivity index (χ2n) is 9.48. The van der Waals surface area contributed by atoms with Gasteiger partial charge in [0.05, 0.1) is 29.9 Å². The smallest absolute Gasteiger partial charge is 0.420 e. The van der Waals surface area contributed by atoms with E-state index in [1.54, 1.807) is 12.1 Å². The highest BCUT2D eigenvalue weighted by Gasteiger charge is 2.40. The Labute approximate surface area is 229 Å². The number of furan rings is 1. The van der Waals surface area contributed by atoms with E-state index in [1.807, 2.05) is 0 Å². The van der Waals surface area contributed by atoms with Gasteiger partial charge in [-0.25, -0.2) is 13.8 Å². The van der Waals surface area contributed by atoms with Gasteiger partial charge in [0, 0.05) is 42.4 Å². The largest absolute Gasteiger partial charge is 0.459 e. The van der Waals surface area contributed by atoms with Crippen LogP contribution in [0.4, 0.5) is 27.8 Å². The van der Waals surface area contributed by atoms with Crippen molar-refractivity contribution in [3.63, 3.8) is 0 Å². The number of carbonyl (C=O) groups excluding carboxylic acids is 2. The molecule has 41 heavy (non-hydrogen) atoms. The summed E-state index contributed by atoms with van der Waals surface area (Å²) in [6, 6.07) is 9.63. The first kappa shape index (κ1) is 27.7. The molecule has 4 heterocycles. The van der Waals surface area contributed by atoms with E-state index < -0.39 is 48.0 Å². The lowest BCUT2D eigenvalue weighted by atomic mass is 10.0. The predicted molar refractivity (Wildman–Crippen MR) is 139 cm³/mol. The number of nitrogens with two attached hydrogens (primary N) is 1. The number of anilines is 1. The summed E-state index contributed by atoms with van der Waals surface area (Å²) in [7, 11) is 0. The molecule has 1 aliphatic rings. The van der Waals surface area contributed by atoms with Crippen LogP contribution in [0.1, 0.15) is 33.7 Å². The number of likely N-dealkylation sites (tertiary alicyclic amines) is 1. The molecule has 3 aromatic heterocycles. The molecule has 1 fully saturated rings. The molecule has 0 spiro atoms. The Kier molecular flexibility index (Phi) is 7.20. The standard InChI is InChI=1S/C28H22F5N5O3/c29-27(30)7-8-38(15-27)26(40)17-3-4-22(35-13-17)18-9-19-10-20(41-25(19)21(11-18)28(31,32)33)14-37-24(39)6-2-16-1-5-23(34)36-12-16/h1-6,9-13H,7-8,14-15H2,(H2,34,36)(H,37,39)/b6-2+. The zero-order valence-electron chi connectivity index (χ0n) is 21.2. The molecule has 0 unspecified atom stereocenters. The van der Waals surface area contributed by atoms with Crippen LogP contribution in [0.3, 0.4) is 0 Å². The lowest BCUT2D eigenvalue weighted by Gasteiger charge is -2.16. The summed E-state index contributed by atoms with van der Waals surface area (Å²) in [6.07, 6.45) is 0.170. The number of nitrogen functional groups attached to an aromatic ring is 1. The second-order valence-corrected chi connectivity index (χ2v) is 9.48. The van der Waals surface area contributed by atoms with Crippen LogP contribution in [0.15, 0.2) is 65.4 Å². The van der Waals surface area contributed by atoms with E-state index in [1.165, 1.54) is 42.6 Å². The van der Waals surface area contributed by atoms with E-state index in [0.717, 1.165) is 17.2 Å². The minimum absolute atomic E-state index is 0.0478. The van der Waals surface area contributed by atoms with Crippen LogP contribution in [0.25, 0.3) is 28.3 Å². The minimum Gasteiger partial charge on any atom is -0.459 e. The molecule has 8 nitrogen and oxygen atoms in total. The number of hydrogen-bond acceptors (Lipinski definition) is 6. The highest BCUT2D eigenvalue weighted by molar-refractivity contribution is 5.95. The maximum absolute atomic E-state index is 13.9. The molecule has 5 rings (SSSR count). The Bertz CT molecular complexity index is 1630. The third-order valence-electron chi connectivity index (χ3n) is 6.41. The molecule has 0 bridgehead atoms. The Balaban J connectivity index is 1.34. The summed E-state index contributed by atoms with van der Waals surface area (Å²) in [5, 5.41) is 2.68. The van der Waals surface area contributed by atoms with E-state index in [-0.39, 0.29) is 41.1 Å². The quantitative estimate of drug-likeness (QED) is 0.240. The number of amides is 2. The van der Waals surface area contributed by atoms with Crippen molar-refractivity contribution in [2.24, 2.45) is 0 Å². The summed E-state index contributed by atoms with van der Waals surface area (Å²) in [6.45, 7) is -0.966. The third kappa shape index (κ3) is 6.34. The number of hydrogen-bond donors (Lipinski definition) is 2. The number of pyridine rings is 2. The topological polar surface area (TPSA) is 114 Å². The van der Waals surface area contributed by atoms with E-state index >= 15 is 0 Å². The number of carbonyl (C=O) groups is 2. The van der Waals surface area contributed by atoms with Gasteiger partial charge in [0.1, 0.15) is 17.2 Å². The second kappa shape index (κ2) is 10.6. The zero-order valence-corrected chi connectivity index (χ0v) is 21.2. The molecule has 1 aliphatic heterocycles. The van der Waals surface area contributed by atoms with Gasteiger partial charge in [-0.2, -0.15) is 13.2 Å². The van der Waals surface area contributed by atoms with Crippen LogP contribution in [-0.4, -0.2) is 45.7 Å². The first-order valence-corrected chi connectivity index (χ1v) is 12.3. The van der Waals surface area contributed by atoms with Gasteiger partial charge < -0.3 is 20.4 Å². The van der Waals surface area contributed by atoms with Crippen molar-refractivity contribution < 1.29 is 36.0 Å². The minimum atomic E-state index is -4.76. The lowest BCUT2D eigenvalue weighted by Crippen LogP contribution is -2.31. The Morgan fingerprint density at radius 3 is 2.54 bits per heavy atom. The number of aromatic nitrogens is 2. The molecule has 0 atom stereocenters. The maximum Gasteiger partial charge on any atom is 0.420 e. The average Bonchev–Trinajstić information content (AvgIpc) is 3.52. The van der Waals surface area contributed by atoms with Gasteiger partial charge in [-0.15, -0.1) is 0 Å². The predicted octanol–water partition coefficient (Wildman–Crippen LogP) is 5.30. The number of halogens is 5. The number of rotatable bonds is 6. The van der Waals surface area contributed by atoms with Gasteiger partial charge in [-0.1, -0.05) is 0 Å². The Morgan fingerprint density at radius 2 is 1.90 bits per heavy atom. The number of fused-ring (bicyclic) bond motifs is 1. The van der Waals surface area contributed by atoms with Crippen molar-refractivity contribution >= 4 is 34.7 Å². The molecular weight excluding hydrogens is 549 g/mol. The summed E-state index contributed by atoms with van der Waals surface area (Å²) < 4.78 is 74.2. The summed E-state index contributed by atoms with van der Waals surface area (Å²) in [5.74, 6) is -3.67. The lowest BCUT2D eigenvalue weighted by molar-refractivity contribution is -0.136. The average molecular weight is 572 g/mol. The molecular formula is C28H22F5N5O3. The summed E-state index contributed by atoms with van der Waals surface area (Å²) in [5.41, 5.74) is 4.99. The van der Waals surface area contributed by atoms with Crippen LogP contribution >= 0.6 is 0 Å². The number of nitrogens with zero attached hydrogens (tertiary/aromatic N) is 3. The van der Waals surface area contributed by atoms with Crippen molar-refractivity contribution in [1.82, 2.24) is 20.2 Å². The fourth-order valence-electron chi connectivity index (χ4n) is 4.36. The summed E-state index contributed by atoms with van der Waals surface area (Å²) >= 11 is 0. The fraction of sp³-hybridized carbons (Fsp3) is 0.214. The van der Waals surface area contributed by atoms with Crippen molar-refractivity contribution in [2.45, 2.75) is 25.1 Å². The van der Waals surface area contributed by atoms with E-state index in [4.69, 9.17) is 10.2 Å². The normalized spacial score (nSPS) is 15.1. The molecule has 212 valence electrons. The van der Waals surface area contributed by atoms with Crippen molar-refractivity contribution in [1.29, 1.82) is 0 Å². The van der Waals surface area contributed by atoms with Gasteiger partial charge in [0.15, 0.2) is 0 Å². The number of alkyl halides is 5. The molecule has 4 aromatic rings. The highest BCUT2D eigenvalue weighted by atomic mass is 19.4. The van der Waals surface area contributed by atoms with Gasteiger partial charge in [0.2, 0.25) is 5.91 Å². The first-order valence-electron chi connectivity index (χ1n) is 12.3. The molecule has 2 amide bonds. The Hall–Kier alpha value is -4.81. The van der Waals surface area contributed by atoms with Crippen molar-refractivity contribution in [2.75, 3.05) is 18.8 Å². The van der Waals surface area contributed by atoms with Crippen LogP contribution in [0.2, 0.25) is 0 Å². The van der Waals surface area contributed by atoms with Gasteiger partial charge in [-0.05, 0) is 54.1 Å². The van der Waals surface area contributed by atoms with Crippen LogP contribution in [0.5, 0.6) is 0 Å². The first-order chi connectivity index (χ1) is 19.4. The van der Waals surface area contributed by atoms with Crippen molar-refractivity contribution in [3.05, 3.63) is 83.4 Å². The van der Waals surface area contributed by atoms with Crippen LogP contribution in [0, 0.1) is 0 Å². The molecule has 0 saturated carbocycles. The van der Waals surface area contributed by atoms with E-state index in [2.05, 4.69) is 15.3 Å². The monoisotopic (exact) mass is 571 g/mol. The maximum atomic E-state index is 13.9. The van der Waals surface area contributed by atoms with Crippen LogP contribution < -0.4 is 11.1 Å². The number of nitrogens with one attached hydrogen (secondary N) is 1. The zero-order chi connectivity index (χ0) is 29.4.